The lowest BCUT2D eigenvalue weighted by molar-refractivity contribution is 0.187. The number of nitrogens with one attached hydrogen (secondary N) is 3. The van der Waals surface area contributed by atoms with Crippen molar-refractivity contribution in [1.82, 2.24) is 35.7 Å². The largest absolute Gasteiger partial charge is 0.462 e. The highest BCUT2D eigenvalue weighted by molar-refractivity contribution is 6.28. The van der Waals surface area contributed by atoms with Crippen molar-refractivity contribution in [2.45, 2.75) is 30.3 Å². The topological polar surface area (TPSA) is 94.2 Å². The van der Waals surface area contributed by atoms with Crippen LogP contribution in [0.4, 0.5) is 5.82 Å². The summed E-state index contributed by atoms with van der Waals surface area (Å²) in [7, 11) is 2.16. The number of rotatable bonds is 5. The normalized spacial score (nSPS) is 25.6. The Morgan fingerprint density at radius 1 is 1.18 bits per heavy atom. The van der Waals surface area contributed by atoms with E-state index >= 15 is 0 Å². The van der Waals surface area contributed by atoms with Gasteiger partial charge < -0.3 is 25.2 Å². The van der Waals surface area contributed by atoms with Crippen molar-refractivity contribution in [3.05, 3.63) is 41.2 Å². The monoisotopic (exact) mass is 482 g/mol. The fourth-order valence-electron chi connectivity index (χ4n) is 5.52. The second-order valence-electron chi connectivity index (χ2n) is 9.52. The number of anilines is 1. The molecule has 10 heteroatoms. The lowest BCUT2D eigenvalue weighted by Crippen LogP contribution is -2.47. The minimum atomic E-state index is -0.818. The Balaban J connectivity index is 1.44. The Bertz CT molecular complexity index is 1180. The van der Waals surface area contributed by atoms with Crippen molar-refractivity contribution in [2.24, 2.45) is 0 Å². The van der Waals surface area contributed by atoms with Crippen LogP contribution in [0.25, 0.3) is 10.9 Å². The van der Waals surface area contributed by atoms with Gasteiger partial charge in [-0.15, -0.1) is 11.6 Å². The van der Waals surface area contributed by atoms with Gasteiger partial charge in [0.1, 0.15) is 17.3 Å². The smallest absolute Gasteiger partial charge is 0.318 e. The van der Waals surface area contributed by atoms with Gasteiger partial charge in [-0.05, 0) is 38.1 Å². The molecular weight excluding hydrogens is 452 g/mol. The zero-order valence-corrected chi connectivity index (χ0v) is 20.2. The molecule has 0 aliphatic carbocycles. The molecule has 5 heterocycles. The number of benzene rings is 1. The molecule has 0 amide bonds. The molecule has 3 N–H and O–H groups in total. The van der Waals surface area contributed by atoms with Crippen LogP contribution < -0.4 is 20.3 Å². The second-order valence-corrected chi connectivity index (χ2v) is 10.2. The first kappa shape index (κ1) is 22.0. The summed E-state index contributed by atoms with van der Waals surface area (Å²) in [5.41, 5.74) is 3.86. The average molecular weight is 483 g/mol. The number of aromatic amines is 1. The SMILES string of the molecule is CN1CCC[C@H]1COc1nc2c(c(N3CCNCC3)n1)C(Cl)(c1cccc3[nH]ncc13)CNC2. The van der Waals surface area contributed by atoms with Crippen LogP contribution in [0, 0.1) is 0 Å². The van der Waals surface area contributed by atoms with Crippen LogP contribution in [0.1, 0.15) is 29.7 Å². The molecule has 180 valence electrons. The molecule has 3 aliphatic heterocycles. The molecule has 3 aliphatic rings. The third kappa shape index (κ3) is 3.80. The summed E-state index contributed by atoms with van der Waals surface area (Å²) < 4.78 is 6.20. The van der Waals surface area contributed by atoms with E-state index in [0.29, 0.717) is 31.7 Å². The molecular formula is C24H31ClN8O. The van der Waals surface area contributed by atoms with Gasteiger partial charge in [0.05, 0.1) is 17.4 Å². The fraction of sp³-hybridized carbons (Fsp3) is 0.542. The Labute approximate surface area is 204 Å². The number of aromatic nitrogens is 4. The Morgan fingerprint density at radius 2 is 2.06 bits per heavy atom. The Morgan fingerprint density at radius 3 is 2.88 bits per heavy atom. The highest BCUT2D eigenvalue weighted by Crippen LogP contribution is 2.46. The Kier molecular flexibility index (Phi) is 5.81. The van der Waals surface area contributed by atoms with Gasteiger partial charge >= 0.3 is 6.01 Å². The van der Waals surface area contributed by atoms with E-state index in [-0.39, 0.29) is 0 Å². The van der Waals surface area contributed by atoms with Crippen LogP contribution >= 0.6 is 11.6 Å². The number of halogens is 1. The number of nitrogens with zero attached hydrogens (tertiary/aromatic N) is 5. The first-order valence-electron chi connectivity index (χ1n) is 12.2. The number of H-pyrrole nitrogens is 1. The quantitative estimate of drug-likeness (QED) is 0.474. The zero-order valence-electron chi connectivity index (χ0n) is 19.5. The summed E-state index contributed by atoms with van der Waals surface area (Å²) in [6.45, 7) is 6.48. The molecule has 1 unspecified atom stereocenters. The van der Waals surface area contributed by atoms with E-state index in [4.69, 9.17) is 26.3 Å². The van der Waals surface area contributed by atoms with Crippen molar-refractivity contribution in [3.8, 4) is 6.01 Å². The summed E-state index contributed by atoms with van der Waals surface area (Å²) in [4.78, 5) is 13.7. The molecule has 1 aromatic carbocycles. The third-order valence-electron chi connectivity index (χ3n) is 7.41. The van der Waals surface area contributed by atoms with Crippen LogP contribution in [0.15, 0.2) is 24.4 Å². The molecule has 34 heavy (non-hydrogen) atoms. The van der Waals surface area contributed by atoms with Gasteiger partial charge in [0, 0.05) is 56.3 Å². The average Bonchev–Trinajstić information content (AvgIpc) is 3.51. The summed E-state index contributed by atoms with van der Waals surface area (Å²) in [5, 5.41) is 15.3. The number of hydrogen-bond donors (Lipinski definition) is 3. The maximum absolute atomic E-state index is 7.57. The number of hydrogen-bond acceptors (Lipinski definition) is 8. The second kappa shape index (κ2) is 8.96. The lowest BCUT2D eigenvalue weighted by atomic mass is 9.85. The summed E-state index contributed by atoms with van der Waals surface area (Å²) in [6, 6.07) is 6.98. The predicted octanol–water partition coefficient (Wildman–Crippen LogP) is 1.82. The van der Waals surface area contributed by atoms with Crippen molar-refractivity contribution in [1.29, 1.82) is 0 Å². The standard InChI is InChI=1S/C24H31ClN8O/c1-32-9-3-4-16(32)14-34-23-29-20-13-27-15-24(25,18-5-2-6-19-17(18)12-28-31-19)21(20)22(30-23)33-10-7-26-8-11-33/h2,5-6,12,16,26-27H,3-4,7-11,13-15H2,1H3,(H,28,31)/t16-,24?/m0/s1. The third-order valence-corrected chi connectivity index (χ3v) is 7.93. The van der Waals surface area contributed by atoms with Gasteiger partial charge in [0.25, 0.3) is 0 Å². The van der Waals surface area contributed by atoms with E-state index in [1.54, 1.807) is 0 Å². The van der Waals surface area contributed by atoms with Crippen LogP contribution in [-0.2, 0) is 11.4 Å². The molecule has 0 spiro atoms. The first-order chi connectivity index (χ1) is 16.6. The van der Waals surface area contributed by atoms with Crippen LogP contribution in [0.3, 0.4) is 0 Å². The van der Waals surface area contributed by atoms with Gasteiger partial charge in [0.2, 0.25) is 0 Å². The number of piperazine rings is 1. The van der Waals surface area contributed by atoms with Crippen molar-refractivity contribution in [3.63, 3.8) is 0 Å². The summed E-state index contributed by atoms with van der Waals surface area (Å²) in [6.07, 6.45) is 4.21. The van der Waals surface area contributed by atoms with E-state index in [0.717, 1.165) is 72.7 Å². The molecule has 0 saturated carbocycles. The summed E-state index contributed by atoms with van der Waals surface area (Å²) in [5.74, 6) is 0.887. The maximum atomic E-state index is 7.57. The molecule has 2 atom stereocenters. The molecule has 2 saturated heterocycles. The van der Waals surface area contributed by atoms with E-state index in [9.17, 15) is 0 Å². The predicted molar refractivity (Wildman–Crippen MR) is 133 cm³/mol. The molecule has 6 rings (SSSR count). The molecule has 2 aromatic heterocycles. The van der Waals surface area contributed by atoms with E-state index < -0.39 is 4.87 Å². The van der Waals surface area contributed by atoms with Crippen molar-refractivity contribution in [2.75, 3.05) is 57.8 Å². The van der Waals surface area contributed by atoms with Gasteiger partial charge in [-0.25, -0.2) is 0 Å². The van der Waals surface area contributed by atoms with Gasteiger partial charge in [-0.2, -0.15) is 15.1 Å². The van der Waals surface area contributed by atoms with Gasteiger partial charge in [-0.1, -0.05) is 12.1 Å². The minimum absolute atomic E-state index is 0.409. The highest BCUT2D eigenvalue weighted by atomic mass is 35.5. The maximum Gasteiger partial charge on any atom is 0.318 e. The van der Waals surface area contributed by atoms with E-state index in [1.807, 2.05) is 18.3 Å². The van der Waals surface area contributed by atoms with Crippen LogP contribution in [-0.4, -0.2) is 84.0 Å². The van der Waals surface area contributed by atoms with Crippen LogP contribution in [0.2, 0.25) is 0 Å². The number of likely N-dealkylation sites (N-methyl/N-ethyl adjacent to an activating group) is 1. The molecule has 0 radical (unpaired) electrons. The molecule has 3 aromatic rings. The zero-order chi connectivity index (χ0) is 23.1. The van der Waals surface area contributed by atoms with Gasteiger partial charge in [0.15, 0.2) is 0 Å². The van der Waals surface area contributed by atoms with E-state index in [2.05, 4.69) is 43.7 Å². The molecule has 2 fully saturated rings. The van der Waals surface area contributed by atoms with Crippen molar-refractivity contribution < 1.29 is 4.74 Å². The van der Waals surface area contributed by atoms with Gasteiger partial charge in [-0.3, -0.25) is 5.10 Å². The lowest BCUT2D eigenvalue weighted by Gasteiger charge is -2.39. The molecule has 9 nitrogen and oxygen atoms in total. The Hall–Kier alpha value is -2.46. The summed E-state index contributed by atoms with van der Waals surface area (Å²) >= 11 is 7.57. The first-order valence-corrected chi connectivity index (χ1v) is 12.5. The number of likely N-dealkylation sites (tertiary alicyclic amines) is 1. The van der Waals surface area contributed by atoms with Crippen LogP contribution in [0.5, 0.6) is 6.01 Å². The van der Waals surface area contributed by atoms with Crippen molar-refractivity contribution >= 4 is 28.3 Å². The molecule has 0 bridgehead atoms. The highest BCUT2D eigenvalue weighted by Gasteiger charge is 2.43. The fourth-order valence-corrected chi connectivity index (χ4v) is 5.97. The van der Waals surface area contributed by atoms with E-state index in [1.165, 1.54) is 6.42 Å². The number of ether oxygens (including phenoxy) is 1. The number of fused-ring (bicyclic) bond motifs is 2. The minimum Gasteiger partial charge on any atom is -0.462 e. The number of alkyl halides is 1.